The van der Waals surface area contributed by atoms with Crippen molar-refractivity contribution in [3.8, 4) is 11.5 Å². The van der Waals surface area contributed by atoms with E-state index in [0.29, 0.717) is 6.42 Å². The fraction of sp³-hybridized carbons (Fsp3) is 0.533. The van der Waals surface area contributed by atoms with Gasteiger partial charge >= 0.3 is 5.97 Å². The number of nitrogens with one attached hydrogen (secondary N) is 1. The standard InChI is InChI=1S/C15H22ClNO6S/c1-9(2)5-10(15(18)19)8-17-24(20,21)14-6-11(16)12(22-3)7-13(14)23-4/h6-7,9-10,17H,5,8H2,1-4H3,(H,18,19). The van der Waals surface area contributed by atoms with Crippen LogP contribution in [0.3, 0.4) is 0 Å². The Morgan fingerprint density at radius 3 is 2.29 bits per heavy atom. The normalized spacial score (nSPS) is 12.9. The first-order valence-corrected chi connectivity index (χ1v) is 9.12. The number of carbonyl (C=O) groups is 1. The summed E-state index contributed by atoms with van der Waals surface area (Å²) in [6.45, 7) is 3.52. The molecule has 0 heterocycles. The van der Waals surface area contributed by atoms with Gasteiger partial charge in [-0.2, -0.15) is 0 Å². The van der Waals surface area contributed by atoms with Crippen LogP contribution in [-0.2, 0) is 14.8 Å². The Kier molecular flexibility index (Phi) is 7.31. The minimum atomic E-state index is -3.99. The second-order valence-electron chi connectivity index (χ2n) is 5.65. The predicted molar refractivity (Wildman–Crippen MR) is 90.3 cm³/mol. The van der Waals surface area contributed by atoms with Gasteiger partial charge < -0.3 is 14.6 Å². The van der Waals surface area contributed by atoms with Crippen LogP contribution in [0.2, 0.25) is 5.02 Å². The number of hydrogen-bond acceptors (Lipinski definition) is 5. The number of carboxylic acids is 1. The highest BCUT2D eigenvalue weighted by atomic mass is 35.5. The molecule has 136 valence electrons. The van der Waals surface area contributed by atoms with Crippen molar-refractivity contribution in [3.05, 3.63) is 17.2 Å². The summed E-state index contributed by atoms with van der Waals surface area (Å²) in [6.07, 6.45) is 0.359. The molecule has 0 bridgehead atoms. The highest BCUT2D eigenvalue weighted by molar-refractivity contribution is 7.89. The lowest BCUT2D eigenvalue weighted by Crippen LogP contribution is -2.33. The first-order valence-electron chi connectivity index (χ1n) is 7.26. The molecular formula is C15H22ClNO6S. The number of ether oxygens (including phenoxy) is 2. The number of carboxylic acid groups (broad SMARTS) is 1. The summed E-state index contributed by atoms with van der Waals surface area (Å²) in [5.41, 5.74) is 0. The maximum atomic E-state index is 12.5. The van der Waals surface area contributed by atoms with Crippen molar-refractivity contribution in [2.24, 2.45) is 11.8 Å². The zero-order valence-corrected chi connectivity index (χ0v) is 15.6. The monoisotopic (exact) mass is 379 g/mol. The summed E-state index contributed by atoms with van der Waals surface area (Å²) in [6, 6.07) is 2.57. The Balaban J connectivity index is 3.08. The maximum Gasteiger partial charge on any atom is 0.307 e. The fourth-order valence-electron chi connectivity index (χ4n) is 2.17. The highest BCUT2D eigenvalue weighted by Crippen LogP contribution is 2.35. The molecule has 2 N–H and O–H groups in total. The number of halogens is 1. The van der Waals surface area contributed by atoms with Gasteiger partial charge in [0.25, 0.3) is 0 Å². The molecule has 1 aromatic rings. The lowest BCUT2D eigenvalue weighted by Gasteiger charge is -2.17. The van der Waals surface area contributed by atoms with Crippen molar-refractivity contribution in [2.75, 3.05) is 20.8 Å². The van der Waals surface area contributed by atoms with E-state index < -0.39 is 21.9 Å². The van der Waals surface area contributed by atoms with Crippen molar-refractivity contribution < 1.29 is 27.8 Å². The number of rotatable bonds is 9. The van der Waals surface area contributed by atoms with Crippen LogP contribution in [0.1, 0.15) is 20.3 Å². The van der Waals surface area contributed by atoms with Crippen LogP contribution in [-0.4, -0.2) is 40.3 Å². The molecule has 0 amide bonds. The first-order chi connectivity index (χ1) is 11.1. The van der Waals surface area contributed by atoms with Gasteiger partial charge in [-0.25, -0.2) is 13.1 Å². The molecule has 1 atom stereocenters. The smallest absolute Gasteiger partial charge is 0.307 e. The van der Waals surface area contributed by atoms with Gasteiger partial charge in [-0.3, -0.25) is 4.79 Å². The molecule has 0 aliphatic carbocycles. The fourth-order valence-corrected chi connectivity index (χ4v) is 3.73. The summed E-state index contributed by atoms with van der Waals surface area (Å²) in [5.74, 6) is -1.42. The molecule has 0 aliphatic heterocycles. The molecule has 0 saturated carbocycles. The van der Waals surface area contributed by atoms with E-state index in [2.05, 4.69) is 4.72 Å². The maximum absolute atomic E-state index is 12.5. The van der Waals surface area contributed by atoms with Gasteiger partial charge in [0.05, 0.1) is 25.2 Å². The lowest BCUT2D eigenvalue weighted by atomic mass is 9.98. The number of hydrogen-bond donors (Lipinski definition) is 2. The van der Waals surface area contributed by atoms with E-state index >= 15 is 0 Å². The molecule has 1 rings (SSSR count). The lowest BCUT2D eigenvalue weighted by molar-refractivity contribution is -0.142. The van der Waals surface area contributed by atoms with E-state index in [0.717, 1.165) is 0 Å². The summed E-state index contributed by atoms with van der Waals surface area (Å²) in [4.78, 5) is 11.1. The van der Waals surface area contributed by atoms with E-state index in [1.165, 1.54) is 26.4 Å². The second kappa shape index (κ2) is 8.55. The molecule has 9 heteroatoms. The minimum Gasteiger partial charge on any atom is -0.495 e. The molecule has 1 unspecified atom stereocenters. The molecule has 0 fully saturated rings. The van der Waals surface area contributed by atoms with Crippen LogP contribution in [0, 0.1) is 11.8 Å². The number of aliphatic carboxylic acids is 1. The van der Waals surface area contributed by atoms with Gasteiger partial charge in [0.1, 0.15) is 16.4 Å². The number of sulfonamides is 1. The summed E-state index contributed by atoms with van der Waals surface area (Å²) < 4.78 is 37.4. The van der Waals surface area contributed by atoms with Crippen LogP contribution in [0.15, 0.2) is 17.0 Å². The zero-order chi connectivity index (χ0) is 18.5. The largest absolute Gasteiger partial charge is 0.495 e. The van der Waals surface area contributed by atoms with Crippen LogP contribution < -0.4 is 14.2 Å². The Hall–Kier alpha value is -1.51. The van der Waals surface area contributed by atoms with E-state index in [1.54, 1.807) is 0 Å². The van der Waals surface area contributed by atoms with Gasteiger partial charge in [0.2, 0.25) is 10.0 Å². The Morgan fingerprint density at radius 1 is 1.25 bits per heavy atom. The van der Waals surface area contributed by atoms with E-state index in [4.69, 9.17) is 21.1 Å². The summed E-state index contributed by atoms with van der Waals surface area (Å²) >= 11 is 5.98. The number of benzene rings is 1. The molecule has 1 aromatic carbocycles. The third-order valence-corrected chi connectivity index (χ3v) is 5.09. The molecule has 0 aromatic heterocycles. The van der Waals surface area contributed by atoms with Crippen molar-refractivity contribution in [1.29, 1.82) is 0 Å². The molecular weight excluding hydrogens is 358 g/mol. The van der Waals surface area contributed by atoms with E-state index in [9.17, 15) is 18.3 Å². The Bertz CT molecular complexity index is 689. The molecule has 24 heavy (non-hydrogen) atoms. The van der Waals surface area contributed by atoms with Crippen LogP contribution in [0.25, 0.3) is 0 Å². The quantitative estimate of drug-likeness (QED) is 0.683. The van der Waals surface area contributed by atoms with Crippen molar-refractivity contribution in [3.63, 3.8) is 0 Å². The average Bonchev–Trinajstić information content (AvgIpc) is 2.50. The van der Waals surface area contributed by atoms with Crippen LogP contribution >= 0.6 is 11.6 Å². The van der Waals surface area contributed by atoms with Gasteiger partial charge in [0.15, 0.2) is 0 Å². The van der Waals surface area contributed by atoms with Crippen molar-refractivity contribution in [2.45, 2.75) is 25.2 Å². The van der Waals surface area contributed by atoms with Gasteiger partial charge in [-0.1, -0.05) is 25.4 Å². The van der Waals surface area contributed by atoms with Gasteiger partial charge in [0, 0.05) is 12.6 Å². The minimum absolute atomic E-state index is 0.0551. The van der Waals surface area contributed by atoms with Crippen LogP contribution in [0.5, 0.6) is 11.5 Å². The molecule has 7 nitrogen and oxygen atoms in total. The zero-order valence-electron chi connectivity index (χ0n) is 14.0. The number of methoxy groups -OCH3 is 2. The topological polar surface area (TPSA) is 102 Å². The Labute approximate surface area is 147 Å². The summed E-state index contributed by atoms with van der Waals surface area (Å²) in [5, 5.41) is 9.31. The summed E-state index contributed by atoms with van der Waals surface area (Å²) in [7, 11) is -1.27. The molecule has 0 radical (unpaired) electrons. The third-order valence-electron chi connectivity index (χ3n) is 3.35. The first kappa shape index (κ1) is 20.5. The highest BCUT2D eigenvalue weighted by Gasteiger charge is 2.26. The average molecular weight is 380 g/mol. The second-order valence-corrected chi connectivity index (χ2v) is 7.80. The molecule has 0 saturated heterocycles. The van der Waals surface area contributed by atoms with E-state index in [1.807, 2.05) is 13.8 Å². The molecule has 0 aliphatic rings. The van der Waals surface area contributed by atoms with Gasteiger partial charge in [-0.15, -0.1) is 0 Å². The third kappa shape index (κ3) is 5.25. The molecule has 0 spiro atoms. The van der Waals surface area contributed by atoms with Gasteiger partial charge in [-0.05, 0) is 18.4 Å². The predicted octanol–water partition coefficient (Wildman–Crippen LogP) is 2.38. The Morgan fingerprint density at radius 2 is 1.83 bits per heavy atom. The van der Waals surface area contributed by atoms with Crippen molar-refractivity contribution in [1.82, 2.24) is 4.72 Å². The van der Waals surface area contributed by atoms with Crippen LogP contribution in [0.4, 0.5) is 0 Å². The SMILES string of the molecule is COc1cc(OC)c(S(=O)(=O)NCC(CC(C)C)C(=O)O)cc1Cl. The van der Waals surface area contributed by atoms with Crippen molar-refractivity contribution >= 4 is 27.6 Å². The van der Waals surface area contributed by atoms with E-state index in [-0.39, 0.29) is 33.9 Å².